The summed E-state index contributed by atoms with van der Waals surface area (Å²) in [7, 11) is 2.06. The van der Waals surface area contributed by atoms with E-state index in [0.717, 1.165) is 0 Å². The van der Waals surface area contributed by atoms with Gasteiger partial charge in [0.2, 0.25) is 0 Å². The van der Waals surface area contributed by atoms with Crippen LogP contribution in [0, 0.1) is 0 Å². The fourth-order valence-corrected chi connectivity index (χ4v) is 2.18. The SMILES string of the molecule is CCCCc1ccc(C(CCCC)NC)cc1. The number of hydrogen-bond donors (Lipinski definition) is 1. The molecule has 0 aliphatic heterocycles. The van der Waals surface area contributed by atoms with Gasteiger partial charge < -0.3 is 5.32 Å². The summed E-state index contributed by atoms with van der Waals surface area (Å²) in [6, 6.07) is 9.70. The molecule has 0 amide bonds. The minimum Gasteiger partial charge on any atom is -0.313 e. The Morgan fingerprint density at radius 1 is 1.00 bits per heavy atom. The molecule has 0 aromatic heterocycles. The Hall–Kier alpha value is -0.820. The van der Waals surface area contributed by atoms with E-state index in [1.807, 2.05) is 0 Å². The second-order valence-corrected chi connectivity index (χ2v) is 4.83. The molecule has 1 aromatic rings. The highest BCUT2D eigenvalue weighted by atomic mass is 14.9. The van der Waals surface area contributed by atoms with Crippen LogP contribution in [0.2, 0.25) is 0 Å². The number of nitrogens with one attached hydrogen (secondary N) is 1. The molecule has 1 heteroatoms. The van der Waals surface area contributed by atoms with E-state index in [4.69, 9.17) is 0 Å². The van der Waals surface area contributed by atoms with Crippen LogP contribution < -0.4 is 5.32 Å². The van der Waals surface area contributed by atoms with Crippen molar-refractivity contribution in [2.45, 2.75) is 58.4 Å². The van der Waals surface area contributed by atoms with E-state index in [2.05, 4.69) is 50.5 Å². The summed E-state index contributed by atoms with van der Waals surface area (Å²) in [6.45, 7) is 4.50. The van der Waals surface area contributed by atoms with Crippen LogP contribution in [-0.4, -0.2) is 7.05 Å². The molecule has 1 aromatic carbocycles. The van der Waals surface area contributed by atoms with E-state index in [1.54, 1.807) is 0 Å². The molecule has 0 saturated carbocycles. The van der Waals surface area contributed by atoms with E-state index in [9.17, 15) is 0 Å². The normalized spacial score (nSPS) is 12.6. The van der Waals surface area contributed by atoms with E-state index >= 15 is 0 Å². The molecule has 1 unspecified atom stereocenters. The molecule has 1 atom stereocenters. The topological polar surface area (TPSA) is 12.0 Å². The maximum absolute atomic E-state index is 3.42. The fourth-order valence-electron chi connectivity index (χ4n) is 2.18. The molecular formula is C16H27N. The third-order valence-corrected chi connectivity index (χ3v) is 3.40. The number of aryl methyl sites for hydroxylation is 1. The molecule has 0 saturated heterocycles. The summed E-state index contributed by atoms with van der Waals surface area (Å²) < 4.78 is 0. The van der Waals surface area contributed by atoms with Crippen LogP contribution >= 0.6 is 0 Å². The summed E-state index contributed by atoms with van der Waals surface area (Å²) in [5, 5.41) is 3.42. The molecule has 0 bridgehead atoms. The van der Waals surface area contributed by atoms with Crippen LogP contribution in [0.25, 0.3) is 0 Å². The molecule has 17 heavy (non-hydrogen) atoms. The zero-order valence-electron chi connectivity index (χ0n) is 11.6. The minimum atomic E-state index is 0.523. The van der Waals surface area contributed by atoms with Crippen LogP contribution in [0.3, 0.4) is 0 Å². The van der Waals surface area contributed by atoms with Crippen molar-refractivity contribution in [3.8, 4) is 0 Å². The van der Waals surface area contributed by atoms with Gasteiger partial charge in [0, 0.05) is 6.04 Å². The van der Waals surface area contributed by atoms with Gasteiger partial charge in [-0.3, -0.25) is 0 Å². The second-order valence-electron chi connectivity index (χ2n) is 4.83. The number of rotatable bonds is 8. The lowest BCUT2D eigenvalue weighted by Crippen LogP contribution is -2.16. The zero-order chi connectivity index (χ0) is 12.5. The van der Waals surface area contributed by atoms with Gasteiger partial charge in [0.1, 0.15) is 0 Å². The first-order chi connectivity index (χ1) is 8.31. The Labute approximate surface area is 107 Å². The van der Waals surface area contributed by atoms with Crippen LogP contribution in [0.15, 0.2) is 24.3 Å². The molecule has 0 fully saturated rings. The van der Waals surface area contributed by atoms with Gasteiger partial charge in [-0.25, -0.2) is 0 Å². The summed E-state index contributed by atoms with van der Waals surface area (Å²) in [6.07, 6.45) is 7.59. The van der Waals surface area contributed by atoms with Gasteiger partial charge in [0.15, 0.2) is 0 Å². The second kappa shape index (κ2) is 8.30. The molecule has 0 aliphatic carbocycles. The van der Waals surface area contributed by atoms with Crippen molar-refractivity contribution in [2.75, 3.05) is 7.05 Å². The zero-order valence-corrected chi connectivity index (χ0v) is 11.6. The maximum atomic E-state index is 3.42. The van der Waals surface area contributed by atoms with Gasteiger partial charge in [0.05, 0.1) is 0 Å². The Kier molecular flexibility index (Phi) is 6.95. The van der Waals surface area contributed by atoms with Crippen LogP contribution in [-0.2, 0) is 6.42 Å². The number of hydrogen-bond acceptors (Lipinski definition) is 1. The van der Waals surface area contributed by atoms with E-state index in [0.29, 0.717) is 6.04 Å². The monoisotopic (exact) mass is 233 g/mol. The first-order valence-electron chi connectivity index (χ1n) is 7.07. The van der Waals surface area contributed by atoms with Crippen molar-refractivity contribution < 1.29 is 0 Å². The Morgan fingerprint density at radius 3 is 2.18 bits per heavy atom. The predicted molar refractivity (Wildman–Crippen MR) is 76.4 cm³/mol. The Bertz CT molecular complexity index is 289. The van der Waals surface area contributed by atoms with Gasteiger partial charge in [-0.05, 0) is 37.4 Å². The molecule has 0 aliphatic rings. The Balaban J connectivity index is 2.57. The molecule has 1 N–H and O–H groups in total. The predicted octanol–water partition coefficient (Wildman–Crippen LogP) is 4.48. The quantitative estimate of drug-likeness (QED) is 0.698. The first-order valence-corrected chi connectivity index (χ1v) is 7.07. The van der Waals surface area contributed by atoms with Gasteiger partial charge in [-0.15, -0.1) is 0 Å². The molecule has 0 spiro atoms. The molecular weight excluding hydrogens is 206 g/mol. The van der Waals surface area contributed by atoms with Gasteiger partial charge in [0.25, 0.3) is 0 Å². The third kappa shape index (κ3) is 4.91. The van der Waals surface area contributed by atoms with Crippen molar-refractivity contribution in [2.24, 2.45) is 0 Å². The molecule has 1 nitrogen and oxygen atoms in total. The lowest BCUT2D eigenvalue weighted by molar-refractivity contribution is 0.522. The van der Waals surface area contributed by atoms with Gasteiger partial charge in [-0.1, -0.05) is 57.4 Å². The van der Waals surface area contributed by atoms with Crippen LogP contribution in [0.5, 0.6) is 0 Å². The maximum Gasteiger partial charge on any atom is 0.0317 e. The van der Waals surface area contributed by atoms with Gasteiger partial charge >= 0.3 is 0 Å². The molecule has 96 valence electrons. The molecule has 0 radical (unpaired) electrons. The lowest BCUT2D eigenvalue weighted by atomic mass is 9.99. The lowest BCUT2D eigenvalue weighted by Gasteiger charge is -2.16. The average Bonchev–Trinajstić information content (AvgIpc) is 2.38. The van der Waals surface area contributed by atoms with E-state index in [1.165, 1.54) is 49.7 Å². The average molecular weight is 233 g/mol. The first kappa shape index (κ1) is 14.2. The van der Waals surface area contributed by atoms with Gasteiger partial charge in [-0.2, -0.15) is 0 Å². The molecule has 0 heterocycles. The van der Waals surface area contributed by atoms with Crippen molar-refractivity contribution in [3.63, 3.8) is 0 Å². The standard InChI is InChI=1S/C16H27N/c1-4-6-8-14-10-12-15(13-11-14)16(17-3)9-7-5-2/h10-13,16-17H,4-9H2,1-3H3. The van der Waals surface area contributed by atoms with Crippen LogP contribution in [0.1, 0.15) is 63.1 Å². The highest BCUT2D eigenvalue weighted by molar-refractivity contribution is 5.25. The fraction of sp³-hybridized carbons (Fsp3) is 0.625. The van der Waals surface area contributed by atoms with E-state index in [-0.39, 0.29) is 0 Å². The molecule has 1 rings (SSSR count). The minimum absolute atomic E-state index is 0.523. The van der Waals surface area contributed by atoms with Crippen molar-refractivity contribution in [3.05, 3.63) is 35.4 Å². The Morgan fingerprint density at radius 2 is 1.65 bits per heavy atom. The summed E-state index contributed by atoms with van der Waals surface area (Å²) in [5.74, 6) is 0. The third-order valence-electron chi connectivity index (χ3n) is 3.40. The summed E-state index contributed by atoms with van der Waals surface area (Å²) in [5.41, 5.74) is 2.90. The van der Waals surface area contributed by atoms with E-state index < -0.39 is 0 Å². The summed E-state index contributed by atoms with van der Waals surface area (Å²) in [4.78, 5) is 0. The van der Waals surface area contributed by atoms with Crippen molar-refractivity contribution in [1.82, 2.24) is 5.32 Å². The highest BCUT2D eigenvalue weighted by Crippen LogP contribution is 2.20. The highest BCUT2D eigenvalue weighted by Gasteiger charge is 2.07. The smallest absolute Gasteiger partial charge is 0.0317 e. The van der Waals surface area contributed by atoms with Crippen LogP contribution in [0.4, 0.5) is 0 Å². The van der Waals surface area contributed by atoms with Crippen molar-refractivity contribution in [1.29, 1.82) is 0 Å². The number of benzene rings is 1. The number of unbranched alkanes of at least 4 members (excludes halogenated alkanes) is 2. The largest absolute Gasteiger partial charge is 0.313 e. The summed E-state index contributed by atoms with van der Waals surface area (Å²) >= 11 is 0. The van der Waals surface area contributed by atoms with Crippen molar-refractivity contribution >= 4 is 0 Å².